The first-order valence-corrected chi connectivity index (χ1v) is 6.21. The average Bonchev–Trinajstić information content (AvgIpc) is 2.37. The van der Waals surface area contributed by atoms with Crippen molar-refractivity contribution in [1.29, 1.82) is 0 Å². The number of ketones is 1. The van der Waals surface area contributed by atoms with Crippen LogP contribution in [0.5, 0.6) is 11.5 Å². The first kappa shape index (κ1) is 13.7. The maximum atomic E-state index is 11.8. The number of carbonyl (C=O) groups is 2. The molecule has 0 bridgehead atoms. The SMILES string of the molecule is CC(C)c1c(C(=O)C(=O)O)cc(Cl)c2c1OCCO2. The quantitative estimate of drug-likeness (QED) is 0.682. The van der Waals surface area contributed by atoms with Crippen LogP contribution in [0.1, 0.15) is 35.7 Å². The van der Waals surface area contributed by atoms with Gasteiger partial charge in [0.1, 0.15) is 13.2 Å². The number of carbonyl (C=O) groups excluding carboxylic acids is 1. The molecule has 1 heterocycles. The van der Waals surface area contributed by atoms with E-state index in [0.29, 0.717) is 30.3 Å². The Kier molecular flexibility index (Phi) is 3.66. The monoisotopic (exact) mass is 284 g/mol. The Hall–Kier alpha value is -1.75. The van der Waals surface area contributed by atoms with Gasteiger partial charge in [0.15, 0.2) is 11.5 Å². The topological polar surface area (TPSA) is 72.8 Å². The molecule has 1 aliphatic rings. The first-order valence-electron chi connectivity index (χ1n) is 5.83. The molecule has 0 saturated carbocycles. The lowest BCUT2D eigenvalue weighted by Crippen LogP contribution is -2.21. The Morgan fingerprint density at radius 1 is 1.26 bits per heavy atom. The van der Waals surface area contributed by atoms with Crippen molar-refractivity contribution < 1.29 is 24.2 Å². The van der Waals surface area contributed by atoms with Crippen LogP contribution in [0.15, 0.2) is 6.07 Å². The number of rotatable bonds is 3. The second kappa shape index (κ2) is 5.09. The molecule has 6 heteroatoms. The zero-order valence-corrected chi connectivity index (χ0v) is 11.3. The van der Waals surface area contributed by atoms with Crippen molar-refractivity contribution in [3.05, 3.63) is 22.2 Å². The molecule has 0 spiro atoms. The summed E-state index contributed by atoms with van der Waals surface area (Å²) in [6.45, 7) is 4.41. The molecule has 0 fully saturated rings. The van der Waals surface area contributed by atoms with Gasteiger partial charge in [0, 0.05) is 11.1 Å². The molecule has 1 aromatic rings. The van der Waals surface area contributed by atoms with Gasteiger partial charge < -0.3 is 14.6 Å². The van der Waals surface area contributed by atoms with Gasteiger partial charge in [0.05, 0.1) is 5.02 Å². The highest BCUT2D eigenvalue weighted by molar-refractivity contribution is 6.41. The molecule has 0 aliphatic carbocycles. The van der Waals surface area contributed by atoms with Crippen molar-refractivity contribution in [1.82, 2.24) is 0 Å². The predicted octanol–water partition coefficient (Wildman–Crippen LogP) is 2.50. The van der Waals surface area contributed by atoms with Gasteiger partial charge in [-0.05, 0) is 12.0 Å². The van der Waals surface area contributed by atoms with Crippen molar-refractivity contribution in [2.24, 2.45) is 0 Å². The van der Waals surface area contributed by atoms with E-state index in [1.807, 2.05) is 13.8 Å². The summed E-state index contributed by atoms with van der Waals surface area (Å²) in [5.41, 5.74) is 0.572. The first-order chi connectivity index (χ1) is 8.93. The van der Waals surface area contributed by atoms with Crippen molar-refractivity contribution in [3.63, 3.8) is 0 Å². The number of aliphatic carboxylic acids is 1. The smallest absolute Gasteiger partial charge is 0.377 e. The summed E-state index contributed by atoms with van der Waals surface area (Å²) < 4.78 is 10.9. The second-order valence-corrected chi connectivity index (χ2v) is 4.87. The molecule has 5 nitrogen and oxygen atoms in total. The van der Waals surface area contributed by atoms with Crippen molar-refractivity contribution in [2.75, 3.05) is 13.2 Å². The summed E-state index contributed by atoms with van der Waals surface area (Å²) in [5.74, 6) is -1.86. The molecule has 1 N–H and O–H groups in total. The lowest BCUT2D eigenvalue weighted by atomic mass is 9.93. The van der Waals surface area contributed by atoms with Crippen molar-refractivity contribution in [2.45, 2.75) is 19.8 Å². The van der Waals surface area contributed by atoms with Crippen LogP contribution in [0.25, 0.3) is 0 Å². The fraction of sp³-hybridized carbons (Fsp3) is 0.385. The minimum Gasteiger partial charge on any atom is -0.486 e. The van der Waals surface area contributed by atoms with Gasteiger partial charge in [-0.1, -0.05) is 25.4 Å². The van der Waals surface area contributed by atoms with Crippen LogP contribution in [-0.2, 0) is 4.79 Å². The zero-order chi connectivity index (χ0) is 14.2. The zero-order valence-electron chi connectivity index (χ0n) is 10.5. The average molecular weight is 285 g/mol. The predicted molar refractivity (Wildman–Crippen MR) is 68.5 cm³/mol. The van der Waals surface area contributed by atoms with Crippen LogP contribution in [0, 0.1) is 0 Å². The lowest BCUT2D eigenvalue weighted by molar-refractivity contribution is -0.131. The molecule has 0 amide bonds. The van der Waals surface area contributed by atoms with Crippen LogP contribution in [-0.4, -0.2) is 30.1 Å². The van der Waals surface area contributed by atoms with E-state index in [9.17, 15) is 9.59 Å². The number of fused-ring (bicyclic) bond motifs is 1. The summed E-state index contributed by atoms with van der Waals surface area (Å²) in [7, 11) is 0. The molecule has 0 radical (unpaired) electrons. The van der Waals surface area contributed by atoms with E-state index in [0.717, 1.165) is 0 Å². The van der Waals surface area contributed by atoms with Crippen LogP contribution >= 0.6 is 11.6 Å². The van der Waals surface area contributed by atoms with Gasteiger partial charge in [-0.25, -0.2) is 4.79 Å². The Bertz CT molecular complexity index is 550. The highest BCUT2D eigenvalue weighted by Crippen LogP contribution is 2.45. The third-order valence-electron chi connectivity index (χ3n) is 2.82. The number of hydrogen-bond donors (Lipinski definition) is 1. The van der Waals surface area contributed by atoms with E-state index in [1.54, 1.807) is 0 Å². The Labute approximate surface area is 115 Å². The number of Topliss-reactive ketones (excluding diaryl/α,β-unsaturated/α-hetero) is 1. The molecule has 2 rings (SSSR count). The van der Waals surface area contributed by atoms with Gasteiger partial charge >= 0.3 is 5.97 Å². The molecular weight excluding hydrogens is 272 g/mol. The van der Waals surface area contributed by atoms with E-state index in [-0.39, 0.29) is 16.5 Å². The Morgan fingerprint density at radius 3 is 2.37 bits per heavy atom. The molecule has 0 atom stereocenters. The largest absolute Gasteiger partial charge is 0.486 e. The minimum atomic E-state index is -1.52. The highest BCUT2D eigenvalue weighted by Gasteiger charge is 2.29. The second-order valence-electron chi connectivity index (χ2n) is 4.46. The van der Waals surface area contributed by atoms with Crippen LogP contribution in [0.4, 0.5) is 0 Å². The maximum Gasteiger partial charge on any atom is 0.377 e. The number of halogens is 1. The van der Waals surface area contributed by atoms with E-state index < -0.39 is 11.8 Å². The van der Waals surface area contributed by atoms with E-state index in [1.165, 1.54) is 6.07 Å². The lowest BCUT2D eigenvalue weighted by Gasteiger charge is -2.25. The normalized spacial score (nSPS) is 13.5. The van der Waals surface area contributed by atoms with Gasteiger partial charge in [-0.3, -0.25) is 4.79 Å². The Morgan fingerprint density at radius 2 is 1.84 bits per heavy atom. The number of hydrogen-bond acceptors (Lipinski definition) is 4. The van der Waals surface area contributed by atoms with Gasteiger partial charge in [0.25, 0.3) is 5.78 Å². The summed E-state index contributed by atoms with van der Waals surface area (Å²) in [4.78, 5) is 22.6. The summed E-state index contributed by atoms with van der Waals surface area (Å²) >= 11 is 6.02. The van der Waals surface area contributed by atoms with Crippen LogP contribution < -0.4 is 9.47 Å². The molecule has 1 aromatic carbocycles. The number of carboxylic acid groups (broad SMARTS) is 1. The summed E-state index contributed by atoms with van der Waals surface area (Å²) in [6.07, 6.45) is 0. The van der Waals surface area contributed by atoms with Gasteiger partial charge in [0.2, 0.25) is 0 Å². The molecule has 0 unspecified atom stereocenters. The highest BCUT2D eigenvalue weighted by atomic mass is 35.5. The van der Waals surface area contributed by atoms with E-state index in [4.69, 9.17) is 26.2 Å². The third-order valence-corrected chi connectivity index (χ3v) is 3.10. The summed E-state index contributed by atoms with van der Waals surface area (Å²) in [6, 6.07) is 1.33. The molecule has 19 heavy (non-hydrogen) atoms. The fourth-order valence-electron chi connectivity index (χ4n) is 2.06. The van der Waals surface area contributed by atoms with Crippen LogP contribution in [0.2, 0.25) is 5.02 Å². The van der Waals surface area contributed by atoms with E-state index >= 15 is 0 Å². The minimum absolute atomic E-state index is 0.0525. The van der Waals surface area contributed by atoms with Crippen molar-refractivity contribution in [3.8, 4) is 11.5 Å². The number of benzene rings is 1. The molecule has 0 saturated heterocycles. The summed E-state index contributed by atoms with van der Waals surface area (Å²) in [5, 5.41) is 9.06. The molecule has 1 aliphatic heterocycles. The molecule has 102 valence electrons. The van der Waals surface area contributed by atoms with Crippen molar-refractivity contribution >= 4 is 23.4 Å². The van der Waals surface area contributed by atoms with Gasteiger partial charge in [-0.2, -0.15) is 0 Å². The van der Waals surface area contributed by atoms with Gasteiger partial charge in [-0.15, -0.1) is 0 Å². The third kappa shape index (κ3) is 2.38. The number of carboxylic acids is 1. The Balaban J connectivity index is 2.70. The number of ether oxygens (including phenoxy) is 2. The van der Waals surface area contributed by atoms with E-state index in [2.05, 4.69) is 0 Å². The standard InChI is InChI=1S/C13H13ClO5/c1-6(2)9-7(10(15)13(16)17)5-8(14)11-12(9)19-4-3-18-11/h5-6H,3-4H2,1-2H3,(H,16,17). The maximum absolute atomic E-state index is 11.8. The molecule has 0 aromatic heterocycles. The van der Waals surface area contributed by atoms with Crippen LogP contribution in [0.3, 0.4) is 0 Å². The fourth-order valence-corrected chi connectivity index (χ4v) is 2.31. The molecular formula is C13H13ClO5.